The smallest absolute Gasteiger partial charge is 0.125 e. The van der Waals surface area contributed by atoms with Crippen molar-refractivity contribution in [2.45, 2.75) is 27.2 Å². The number of rotatable bonds is 3. The van der Waals surface area contributed by atoms with E-state index in [9.17, 15) is 4.79 Å². The lowest BCUT2D eigenvalue weighted by atomic mass is 9.90. The standard InChI is InChI=1S/C7H13O/c1-4-5-7(2,3)6-8/h5-6H,4H2,1-3H3. The molecule has 0 N–H and O–H groups in total. The highest BCUT2D eigenvalue weighted by atomic mass is 16.1. The van der Waals surface area contributed by atoms with E-state index in [0.29, 0.717) is 0 Å². The lowest BCUT2D eigenvalue weighted by Gasteiger charge is -2.13. The lowest BCUT2D eigenvalue weighted by molar-refractivity contribution is -0.113. The van der Waals surface area contributed by atoms with Crippen LogP contribution in [0.1, 0.15) is 27.2 Å². The quantitative estimate of drug-likeness (QED) is 0.510. The van der Waals surface area contributed by atoms with Gasteiger partial charge in [0.15, 0.2) is 0 Å². The first-order valence-corrected chi connectivity index (χ1v) is 2.93. The molecule has 0 atom stereocenters. The molecule has 47 valence electrons. The Morgan fingerprint density at radius 2 is 2.00 bits per heavy atom. The van der Waals surface area contributed by atoms with Gasteiger partial charge in [0.05, 0.1) is 0 Å². The molecule has 1 heteroatoms. The average Bonchev–Trinajstić information content (AvgIpc) is 1.67. The Hall–Kier alpha value is -0.330. The molecule has 0 aliphatic carbocycles. The third-order valence-corrected chi connectivity index (χ3v) is 1.03. The van der Waals surface area contributed by atoms with Crippen molar-refractivity contribution < 1.29 is 4.79 Å². The van der Waals surface area contributed by atoms with E-state index in [4.69, 9.17) is 0 Å². The van der Waals surface area contributed by atoms with E-state index >= 15 is 0 Å². The summed E-state index contributed by atoms with van der Waals surface area (Å²) in [7, 11) is 0. The normalized spacial score (nSPS) is 11.4. The summed E-state index contributed by atoms with van der Waals surface area (Å²) in [6.07, 6.45) is 3.93. The summed E-state index contributed by atoms with van der Waals surface area (Å²) in [5.74, 6) is 0. The molecule has 0 aliphatic rings. The van der Waals surface area contributed by atoms with Crippen LogP contribution in [0, 0.1) is 11.8 Å². The summed E-state index contributed by atoms with van der Waals surface area (Å²) in [5, 5.41) is 0. The van der Waals surface area contributed by atoms with Crippen molar-refractivity contribution in [2.75, 3.05) is 0 Å². The molecule has 0 aromatic heterocycles. The van der Waals surface area contributed by atoms with E-state index < -0.39 is 0 Å². The van der Waals surface area contributed by atoms with E-state index in [1.54, 1.807) is 0 Å². The first-order valence-electron chi connectivity index (χ1n) is 2.93. The Bertz CT molecular complexity index is 74.5. The SMILES string of the molecule is CC[CH]C(C)(C)C=O. The molecular weight excluding hydrogens is 100 g/mol. The Balaban J connectivity index is 3.53. The largest absolute Gasteiger partial charge is 0.303 e. The second kappa shape index (κ2) is 2.85. The van der Waals surface area contributed by atoms with Gasteiger partial charge in [-0.1, -0.05) is 27.2 Å². The summed E-state index contributed by atoms with van der Waals surface area (Å²) in [6, 6.07) is 0. The molecule has 8 heavy (non-hydrogen) atoms. The molecule has 0 saturated carbocycles. The van der Waals surface area contributed by atoms with Gasteiger partial charge in [0, 0.05) is 5.41 Å². The van der Waals surface area contributed by atoms with E-state index in [2.05, 4.69) is 0 Å². The van der Waals surface area contributed by atoms with Gasteiger partial charge in [-0.25, -0.2) is 0 Å². The number of aldehydes is 1. The minimum Gasteiger partial charge on any atom is -0.303 e. The molecule has 1 radical (unpaired) electrons. The molecule has 0 saturated heterocycles. The van der Waals surface area contributed by atoms with Gasteiger partial charge in [0.25, 0.3) is 0 Å². The topological polar surface area (TPSA) is 17.1 Å². The van der Waals surface area contributed by atoms with Gasteiger partial charge >= 0.3 is 0 Å². The molecule has 0 bridgehead atoms. The number of hydrogen-bond donors (Lipinski definition) is 0. The molecule has 0 aromatic rings. The average molecular weight is 113 g/mol. The van der Waals surface area contributed by atoms with Crippen LogP contribution in [0.3, 0.4) is 0 Å². The lowest BCUT2D eigenvalue weighted by Crippen LogP contribution is -2.12. The molecule has 0 aromatic carbocycles. The van der Waals surface area contributed by atoms with Crippen molar-refractivity contribution in [3.63, 3.8) is 0 Å². The van der Waals surface area contributed by atoms with Gasteiger partial charge in [-0.05, 0) is 6.42 Å². The fourth-order valence-electron chi connectivity index (χ4n) is 0.574. The first-order chi connectivity index (χ1) is 3.62. The van der Waals surface area contributed by atoms with Gasteiger partial charge in [-0.2, -0.15) is 0 Å². The minimum atomic E-state index is -0.214. The van der Waals surface area contributed by atoms with Crippen molar-refractivity contribution in [1.29, 1.82) is 0 Å². The van der Waals surface area contributed by atoms with Crippen molar-refractivity contribution >= 4 is 6.29 Å². The monoisotopic (exact) mass is 113 g/mol. The van der Waals surface area contributed by atoms with E-state index in [0.717, 1.165) is 12.7 Å². The van der Waals surface area contributed by atoms with Crippen LogP contribution >= 0.6 is 0 Å². The van der Waals surface area contributed by atoms with E-state index in [1.807, 2.05) is 27.2 Å². The van der Waals surface area contributed by atoms with E-state index in [1.165, 1.54) is 0 Å². The highest BCUT2D eigenvalue weighted by molar-refractivity contribution is 5.60. The van der Waals surface area contributed by atoms with Crippen LogP contribution in [-0.4, -0.2) is 6.29 Å². The van der Waals surface area contributed by atoms with Crippen LogP contribution in [0.5, 0.6) is 0 Å². The second-order valence-electron chi connectivity index (χ2n) is 2.55. The molecule has 0 rings (SSSR count). The van der Waals surface area contributed by atoms with Crippen LogP contribution in [-0.2, 0) is 4.79 Å². The second-order valence-corrected chi connectivity index (χ2v) is 2.55. The fourth-order valence-corrected chi connectivity index (χ4v) is 0.574. The molecule has 0 unspecified atom stereocenters. The number of hydrogen-bond acceptors (Lipinski definition) is 1. The van der Waals surface area contributed by atoms with Crippen molar-refractivity contribution in [1.82, 2.24) is 0 Å². The third-order valence-electron chi connectivity index (χ3n) is 1.03. The Morgan fingerprint density at radius 1 is 1.50 bits per heavy atom. The van der Waals surface area contributed by atoms with Crippen LogP contribution < -0.4 is 0 Å². The van der Waals surface area contributed by atoms with Crippen LogP contribution in [0.25, 0.3) is 0 Å². The zero-order valence-corrected chi connectivity index (χ0v) is 5.77. The molecular formula is C7H13O. The molecule has 0 amide bonds. The van der Waals surface area contributed by atoms with Crippen molar-refractivity contribution in [3.8, 4) is 0 Å². The Labute approximate surface area is 51.1 Å². The fraction of sp³-hybridized carbons (Fsp3) is 0.714. The van der Waals surface area contributed by atoms with Gasteiger partial charge in [-0.15, -0.1) is 0 Å². The van der Waals surface area contributed by atoms with Gasteiger partial charge in [-0.3, -0.25) is 0 Å². The van der Waals surface area contributed by atoms with Gasteiger partial charge < -0.3 is 4.79 Å². The zero-order valence-electron chi connectivity index (χ0n) is 5.77. The Morgan fingerprint density at radius 3 is 2.12 bits per heavy atom. The predicted octanol–water partition coefficient (Wildman–Crippen LogP) is 1.83. The highest BCUT2D eigenvalue weighted by Crippen LogP contribution is 2.16. The molecule has 0 spiro atoms. The first kappa shape index (κ1) is 7.67. The number of carbonyl (C=O) groups excluding carboxylic acids is 1. The highest BCUT2D eigenvalue weighted by Gasteiger charge is 2.13. The summed E-state index contributed by atoms with van der Waals surface area (Å²) >= 11 is 0. The van der Waals surface area contributed by atoms with E-state index in [-0.39, 0.29) is 5.41 Å². The summed E-state index contributed by atoms with van der Waals surface area (Å²) in [5.41, 5.74) is -0.214. The van der Waals surface area contributed by atoms with Gasteiger partial charge in [0.2, 0.25) is 0 Å². The number of carbonyl (C=O) groups is 1. The van der Waals surface area contributed by atoms with Crippen molar-refractivity contribution in [3.05, 3.63) is 6.42 Å². The summed E-state index contributed by atoms with van der Waals surface area (Å²) < 4.78 is 0. The molecule has 0 aliphatic heterocycles. The predicted molar refractivity (Wildman–Crippen MR) is 34.4 cm³/mol. The maximum Gasteiger partial charge on any atom is 0.125 e. The van der Waals surface area contributed by atoms with Crippen LogP contribution in [0.15, 0.2) is 0 Å². The summed E-state index contributed by atoms with van der Waals surface area (Å²) in [6.45, 7) is 5.85. The molecule has 1 nitrogen and oxygen atoms in total. The third kappa shape index (κ3) is 2.78. The van der Waals surface area contributed by atoms with Crippen LogP contribution in [0.4, 0.5) is 0 Å². The van der Waals surface area contributed by atoms with Crippen molar-refractivity contribution in [2.24, 2.45) is 5.41 Å². The molecule has 0 fully saturated rings. The maximum atomic E-state index is 10.2. The summed E-state index contributed by atoms with van der Waals surface area (Å²) in [4.78, 5) is 10.2. The maximum absolute atomic E-state index is 10.2. The minimum absolute atomic E-state index is 0.214. The van der Waals surface area contributed by atoms with Crippen LogP contribution in [0.2, 0.25) is 0 Å². The Kier molecular flexibility index (Phi) is 2.74. The zero-order chi connectivity index (χ0) is 6.62. The van der Waals surface area contributed by atoms with Gasteiger partial charge in [0.1, 0.15) is 6.29 Å². The molecule has 0 heterocycles.